The quantitative estimate of drug-likeness (QED) is 0.856. The molecule has 0 aromatic carbocycles. The molecule has 1 aromatic rings. The summed E-state index contributed by atoms with van der Waals surface area (Å²) in [6.07, 6.45) is -2.87. The first kappa shape index (κ1) is 17.7. The number of aromatic nitrogens is 1. The van der Waals surface area contributed by atoms with Crippen molar-refractivity contribution in [2.45, 2.75) is 39.8 Å². The van der Waals surface area contributed by atoms with Crippen molar-refractivity contribution in [2.75, 3.05) is 13.2 Å². The Morgan fingerprint density at radius 3 is 2.37 bits per heavy atom. The Morgan fingerprint density at radius 1 is 1.32 bits per heavy atom. The Kier molecular flexibility index (Phi) is 8.14. The molecule has 0 radical (unpaired) electrons. The molecule has 19 heavy (non-hydrogen) atoms. The first-order valence-electron chi connectivity index (χ1n) is 6.29. The third-order valence-corrected chi connectivity index (χ3v) is 2.06. The van der Waals surface area contributed by atoms with Crippen molar-refractivity contribution >= 4 is 0 Å². The van der Waals surface area contributed by atoms with Gasteiger partial charge in [-0.25, -0.2) is 4.98 Å². The van der Waals surface area contributed by atoms with E-state index in [0.717, 1.165) is 18.1 Å². The van der Waals surface area contributed by atoms with Gasteiger partial charge in [0.1, 0.15) is 5.69 Å². The molecule has 0 bridgehead atoms. The fourth-order valence-electron chi connectivity index (χ4n) is 1.20. The molecule has 2 heterocycles. The highest BCUT2D eigenvalue weighted by Crippen LogP contribution is 2.31. The number of fused-ring (bicyclic) bond motifs is 1. The zero-order valence-electron chi connectivity index (χ0n) is 11.4. The van der Waals surface area contributed by atoms with Gasteiger partial charge in [-0.05, 0) is 12.5 Å². The summed E-state index contributed by atoms with van der Waals surface area (Å²) < 4.78 is 41.3. The zero-order chi connectivity index (χ0) is 14.9. The standard InChI is InChI=1S/C8H6F3NO.C3H8O.C2H6/c9-8(10,11)6-2-1-5-3-4-13-7(5)12-6;1-2-3-4;1-2/h1-2H,3-4H2;4H,2-3H2,1H3;1-2H3. The van der Waals surface area contributed by atoms with Crippen LogP contribution < -0.4 is 4.74 Å². The molecule has 1 N–H and O–H groups in total. The molecule has 0 amide bonds. The van der Waals surface area contributed by atoms with Gasteiger partial charge in [0.15, 0.2) is 0 Å². The van der Waals surface area contributed by atoms with Gasteiger partial charge < -0.3 is 9.84 Å². The highest BCUT2D eigenvalue weighted by Gasteiger charge is 2.33. The lowest BCUT2D eigenvalue weighted by atomic mass is 10.2. The maximum Gasteiger partial charge on any atom is 0.433 e. The summed E-state index contributed by atoms with van der Waals surface area (Å²) in [5, 5.41) is 7.88. The second kappa shape index (κ2) is 8.74. The number of hydrogen-bond acceptors (Lipinski definition) is 3. The Morgan fingerprint density at radius 2 is 1.89 bits per heavy atom. The van der Waals surface area contributed by atoms with Gasteiger partial charge in [-0.15, -0.1) is 0 Å². The fourth-order valence-corrected chi connectivity index (χ4v) is 1.20. The summed E-state index contributed by atoms with van der Waals surface area (Å²) in [4.78, 5) is 3.38. The number of pyridine rings is 1. The van der Waals surface area contributed by atoms with Crippen molar-refractivity contribution in [3.8, 4) is 5.88 Å². The molecule has 0 saturated heterocycles. The first-order valence-corrected chi connectivity index (χ1v) is 6.29. The lowest BCUT2D eigenvalue weighted by Gasteiger charge is -2.06. The average molecular weight is 279 g/mol. The molecular weight excluding hydrogens is 259 g/mol. The number of rotatable bonds is 1. The predicted octanol–water partition coefficient (Wildman–Crippen LogP) is 3.45. The first-order chi connectivity index (χ1) is 8.99. The van der Waals surface area contributed by atoms with Crippen LogP contribution in [0.2, 0.25) is 0 Å². The van der Waals surface area contributed by atoms with Crippen LogP contribution in [0.4, 0.5) is 13.2 Å². The number of alkyl halides is 3. The van der Waals surface area contributed by atoms with Gasteiger partial charge in [0.2, 0.25) is 5.88 Å². The molecular formula is C13H20F3NO2. The van der Waals surface area contributed by atoms with Gasteiger partial charge in [-0.2, -0.15) is 13.2 Å². The van der Waals surface area contributed by atoms with E-state index in [0.29, 0.717) is 19.6 Å². The largest absolute Gasteiger partial charge is 0.477 e. The SMILES string of the molecule is CC.CCCO.FC(F)(F)c1ccc2c(n1)OCC2. The Balaban J connectivity index is 0.000000467. The smallest absolute Gasteiger partial charge is 0.433 e. The minimum Gasteiger partial charge on any atom is -0.477 e. The van der Waals surface area contributed by atoms with E-state index >= 15 is 0 Å². The molecule has 110 valence electrons. The van der Waals surface area contributed by atoms with Crippen LogP contribution in [0, 0.1) is 0 Å². The van der Waals surface area contributed by atoms with Crippen molar-refractivity contribution in [1.82, 2.24) is 4.98 Å². The number of aliphatic hydroxyl groups is 1. The lowest BCUT2D eigenvalue weighted by Crippen LogP contribution is -2.08. The van der Waals surface area contributed by atoms with E-state index in [2.05, 4.69) is 4.98 Å². The van der Waals surface area contributed by atoms with Crippen LogP contribution >= 0.6 is 0 Å². The lowest BCUT2D eigenvalue weighted by molar-refractivity contribution is -0.141. The second-order valence-corrected chi connectivity index (χ2v) is 3.48. The van der Waals surface area contributed by atoms with E-state index in [1.807, 2.05) is 20.8 Å². The normalized spacial score (nSPS) is 12.4. The molecule has 1 aliphatic rings. The van der Waals surface area contributed by atoms with Crippen LogP contribution in [0.5, 0.6) is 5.88 Å². The van der Waals surface area contributed by atoms with Gasteiger partial charge in [-0.1, -0.05) is 26.8 Å². The summed E-state index contributed by atoms with van der Waals surface area (Å²) in [6.45, 7) is 6.67. The summed E-state index contributed by atoms with van der Waals surface area (Å²) in [7, 11) is 0. The molecule has 0 aliphatic carbocycles. The van der Waals surface area contributed by atoms with Gasteiger partial charge in [-0.3, -0.25) is 0 Å². The van der Waals surface area contributed by atoms with E-state index in [-0.39, 0.29) is 5.88 Å². The number of hydrogen-bond donors (Lipinski definition) is 1. The molecule has 1 aliphatic heterocycles. The predicted molar refractivity (Wildman–Crippen MR) is 67.2 cm³/mol. The van der Waals surface area contributed by atoms with E-state index in [1.54, 1.807) is 0 Å². The van der Waals surface area contributed by atoms with Crippen LogP contribution in [-0.2, 0) is 12.6 Å². The average Bonchev–Trinajstić information content (AvgIpc) is 2.87. The number of aliphatic hydroxyl groups excluding tert-OH is 1. The Bertz CT molecular complexity index is 365. The molecule has 2 rings (SSSR count). The monoisotopic (exact) mass is 279 g/mol. The van der Waals surface area contributed by atoms with Crippen molar-refractivity contribution in [1.29, 1.82) is 0 Å². The van der Waals surface area contributed by atoms with Gasteiger partial charge in [0.25, 0.3) is 0 Å². The van der Waals surface area contributed by atoms with Crippen LogP contribution in [-0.4, -0.2) is 23.3 Å². The van der Waals surface area contributed by atoms with E-state index in [9.17, 15) is 13.2 Å². The molecule has 0 fully saturated rings. The van der Waals surface area contributed by atoms with Crippen LogP contribution in [0.3, 0.4) is 0 Å². The van der Waals surface area contributed by atoms with Crippen molar-refractivity contribution < 1.29 is 23.0 Å². The molecule has 0 atom stereocenters. The van der Waals surface area contributed by atoms with Gasteiger partial charge in [0.05, 0.1) is 6.61 Å². The van der Waals surface area contributed by atoms with Crippen LogP contribution in [0.1, 0.15) is 38.4 Å². The number of ether oxygens (including phenoxy) is 1. The van der Waals surface area contributed by atoms with Crippen molar-refractivity contribution in [3.63, 3.8) is 0 Å². The molecule has 3 nitrogen and oxygen atoms in total. The number of nitrogens with zero attached hydrogens (tertiary/aromatic N) is 1. The van der Waals surface area contributed by atoms with E-state index in [1.165, 1.54) is 6.07 Å². The highest BCUT2D eigenvalue weighted by atomic mass is 19.4. The maximum atomic E-state index is 12.1. The van der Waals surface area contributed by atoms with Crippen molar-refractivity contribution in [2.24, 2.45) is 0 Å². The highest BCUT2D eigenvalue weighted by molar-refractivity contribution is 5.32. The summed E-state index contributed by atoms with van der Waals surface area (Å²) in [6, 6.07) is 2.39. The summed E-state index contributed by atoms with van der Waals surface area (Å²) in [5.74, 6) is 0.120. The summed E-state index contributed by atoms with van der Waals surface area (Å²) in [5.41, 5.74) is -0.152. The van der Waals surface area contributed by atoms with E-state index < -0.39 is 11.9 Å². The van der Waals surface area contributed by atoms with E-state index in [4.69, 9.17) is 9.84 Å². The van der Waals surface area contributed by atoms with Gasteiger partial charge in [0, 0.05) is 18.6 Å². The maximum absolute atomic E-state index is 12.1. The molecule has 0 saturated carbocycles. The number of halogens is 3. The van der Waals surface area contributed by atoms with Crippen molar-refractivity contribution in [3.05, 3.63) is 23.4 Å². The zero-order valence-corrected chi connectivity index (χ0v) is 11.4. The minimum absolute atomic E-state index is 0.120. The van der Waals surface area contributed by atoms with Gasteiger partial charge >= 0.3 is 6.18 Å². The topological polar surface area (TPSA) is 42.4 Å². The molecule has 6 heteroatoms. The minimum atomic E-state index is -4.39. The summed E-state index contributed by atoms with van der Waals surface area (Å²) >= 11 is 0. The molecule has 0 unspecified atom stereocenters. The van der Waals surface area contributed by atoms with Crippen LogP contribution in [0.25, 0.3) is 0 Å². The Hall–Kier alpha value is -1.30. The fraction of sp³-hybridized carbons (Fsp3) is 0.615. The third kappa shape index (κ3) is 5.92. The molecule has 0 spiro atoms. The third-order valence-electron chi connectivity index (χ3n) is 2.06. The second-order valence-electron chi connectivity index (χ2n) is 3.48. The van der Waals surface area contributed by atoms with Crippen LogP contribution in [0.15, 0.2) is 12.1 Å². The Labute approximate surface area is 111 Å². The molecule has 1 aromatic heterocycles.